The van der Waals surface area contributed by atoms with Gasteiger partial charge in [0.2, 0.25) is 5.91 Å². The summed E-state index contributed by atoms with van der Waals surface area (Å²) in [5.74, 6) is -2.75. The summed E-state index contributed by atoms with van der Waals surface area (Å²) in [5, 5.41) is 0. The Balaban J connectivity index is 1.83. The van der Waals surface area contributed by atoms with Crippen LogP contribution in [0.2, 0.25) is 0 Å². The number of nitrogens with zero attached hydrogens (tertiary/aromatic N) is 3. The molecule has 2 atom stereocenters. The highest BCUT2D eigenvalue weighted by Crippen LogP contribution is 2.22. The molecule has 3 rings (SSSR count). The Kier molecular flexibility index (Phi) is 10.0. The molecule has 0 radical (unpaired) electrons. The molecule has 2 unspecified atom stereocenters. The topological polar surface area (TPSA) is 124 Å². The Morgan fingerprint density at radius 1 is 1.08 bits per heavy atom. The van der Waals surface area contributed by atoms with Crippen molar-refractivity contribution in [2.45, 2.75) is 40.7 Å². The van der Waals surface area contributed by atoms with Gasteiger partial charge in [0, 0.05) is 26.2 Å². The summed E-state index contributed by atoms with van der Waals surface area (Å²) in [5.41, 5.74) is 1.10. The molecule has 2 aromatic rings. The SMILES string of the molecule is CCOCCn1c(=NC(=O)CS(=O)(=O)CC(=O)N2CC(C)CC(C)C2)sc2cc(C(=O)OCC)ccc21. The van der Waals surface area contributed by atoms with E-state index in [4.69, 9.17) is 9.47 Å². The van der Waals surface area contributed by atoms with Crippen molar-refractivity contribution in [3.05, 3.63) is 28.6 Å². The summed E-state index contributed by atoms with van der Waals surface area (Å²) in [6.45, 7) is 10.2. The molecule has 37 heavy (non-hydrogen) atoms. The third-order valence-electron chi connectivity index (χ3n) is 5.99. The quantitative estimate of drug-likeness (QED) is 0.326. The van der Waals surface area contributed by atoms with E-state index in [1.807, 2.05) is 20.8 Å². The molecule has 0 aliphatic carbocycles. The van der Waals surface area contributed by atoms with Gasteiger partial charge < -0.3 is 18.9 Å². The van der Waals surface area contributed by atoms with Gasteiger partial charge in [0.25, 0.3) is 5.91 Å². The van der Waals surface area contributed by atoms with Crippen LogP contribution in [0.15, 0.2) is 23.2 Å². The fourth-order valence-corrected chi connectivity index (χ4v) is 6.75. The second kappa shape index (κ2) is 12.8. The zero-order valence-electron chi connectivity index (χ0n) is 21.8. The lowest BCUT2D eigenvalue weighted by Gasteiger charge is -2.34. The number of rotatable bonds is 10. The number of carbonyl (C=O) groups is 3. The van der Waals surface area contributed by atoms with E-state index in [0.29, 0.717) is 59.7 Å². The normalized spacial score (nSPS) is 18.8. The molecule has 1 aliphatic heterocycles. The van der Waals surface area contributed by atoms with E-state index in [0.717, 1.165) is 11.9 Å². The lowest BCUT2D eigenvalue weighted by molar-refractivity contribution is -0.131. The van der Waals surface area contributed by atoms with Gasteiger partial charge in [-0.3, -0.25) is 9.59 Å². The van der Waals surface area contributed by atoms with E-state index >= 15 is 0 Å². The molecule has 2 heterocycles. The van der Waals surface area contributed by atoms with Crippen LogP contribution in [0.25, 0.3) is 10.2 Å². The maximum atomic E-state index is 12.7. The largest absolute Gasteiger partial charge is 0.462 e. The van der Waals surface area contributed by atoms with Crippen molar-refractivity contribution < 1.29 is 32.3 Å². The van der Waals surface area contributed by atoms with E-state index in [2.05, 4.69) is 4.99 Å². The van der Waals surface area contributed by atoms with Gasteiger partial charge in [-0.25, -0.2) is 13.2 Å². The van der Waals surface area contributed by atoms with Gasteiger partial charge >= 0.3 is 5.97 Å². The maximum Gasteiger partial charge on any atom is 0.338 e. The number of sulfone groups is 1. The van der Waals surface area contributed by atoms with E-state index in [1.165, 1.54) is 11.3 Å². The average molecular weight is 554 g/mol. The molecule has 0 bridgehead atoms. The van der Waals surface area contributed by atoms with Crippen molar-refractivity contribution in [2.75, 3.05) is 44.4 Å². The first-order chi connectivity index (χ1) is 17.5. The number of hydrogen-bond donors (Lipinski definition) is 0. The van der Waals surface area contributed by atoms with E-state index in [9.17, 15) is 22.8 Å². The highest BCUT2D eigenvalue weighted by Gasteiger charge is 2.29. The number of carbonyl (C=O) groups excluding carboxylic acids is 3. The predicted octanol–water partition coefficient (Wildman–Crippen LogP) is 2.26. The number of amides is 2. The van der Waals surface area contributed by atoms with Gasteiger partial charge in [0.05, 0.1) is 29.0 Å². The molecular weight excluding hydrogens is 518 g/mol. The Labute approximate surface area is 221 Å². The van der Waals surface area contributed by atoms with Gasteiger partial charge in [-0.2, -0.15) is 4.99 Å². The minimum atomic E-state index is -4.00. The van der Waals surface area contributed by atoms with Crippen molar-refractivity contribution >= 4 is 49.2 Å². The van der Waals surface area contributed by atoms with Crippen molar-refractivity contribution in [3.63, 3.8) is 0 Å². The predicted molar refractivity (Wildman–Crippen MR) is 141 cm³/mol. The third kappa shape index (κ3) is 7.96. The van der Waals surface area contributed by atoms with Crippen molar-refractivity contribution in [1.29, 1.82) is 0 Å². The van der Waals surface area contributed by atoms with Crippen molar-refractivity contribution in [1.82, 2.24) is 9.47 Å². The minimum Gasteiger partial charge on any atom is -0.462 e. The first kappa shape index (κ1) is 29.0. The molecule has 0 spiro atoms. The number of fused-ring (bicyclic) bond motifs is 1. The maximum absolute atomic E-state index is 12.7. The van der Waals surface area contributed by atoms with E-state index in [-0.39, 0.29) is 6.61 Å². The van der Waals surface area contributed by atoms with Crippen molar-refractivity contribution in [2.24, 2.45) is 16.8 Å². The highest BCUT2D eigenvalue weighted by atomic mass is 32.2. The standard InChI is InChI=1S/C25H35N3O7S2/c1-5-34-10-9-28-20-8-7-19(24(31)35-6-2)12-21(20)36-25(28)26-22(29)15-37(32,33)16-23(30)27-13-17(3)11-18(4)14-27/h7-8,12,17-18H,5-6,9-11,13-16H2,1-4H3. The van der Waals surface area contributed by atoms with Crippen LogP contribution in [-0.4, -0.2) is 80.1 Å². The number of esters is 1. The molecule has 204 valence electrons. The molecule has 2 amide bonds. The van der Waals surface area contributed by atoms with Crippen LogP contribution >= 0.6 is 11.3 Å². The van der Waals surface area contributed by atoms with Crippen LogP contribution in [0.1, 0.15) is 44.5 Å². The monoisotopic (exact) mass is 553 g/mol. The molecule has 1 saturated heterocycles. The smallest absolute Gasteiger partial charge is 0.338 e. The van der Waals surface area contributed by atoms with Crippen LogP contribution in [0.5, 0.6) is 0 Å². The molecular formula is C25H35N3O7S2. The van der Waals surface area contributed by atoms with Gasteiger partial charge in [0.15, 0.2) is 14.6 Å². The van der Waals surface area contributed by atoms with Crippen LogP contribution in [0, 0.1) is 11.8 Å². The lowest BCUT2D eigenvalue weighted by Crippen LogP contribution is -2.45. The van der Waals surface area contributed by atoms with E-state index in [1.54, 1.807) is 34.6 Å². The van der Waals surface area contributed by atoms with Crippen LogP contribution < -0.4 is 4.80 Å². The Morgan fingerprint density at radius 2 is 1.78 bits per heavy atom. The van der Waals surface area contributed by atoms with Gasteiger partial charge in [-0.05, 0) is 50.3 Å². The van der Waals surface area contributed by atoms with Crippen LogP contribution in [0.3, 0.4) is 0 Å². The number of hydrogen-bond acceptors (Lipinski definition) is 8. The molecule has 0 saturated carbocycles. The zero-order chi connectivity index (χ0) is 27.2. The summed E-state index contributed by atoms with van der Waals surface area (Å²) in [4.78, 5) is 43.5. The molecule has 1 aromatic carbocycles. The first-order valence-electron chi connectivity index (χ1n) is 12.5. The molecule has 12 heteroatoms. The number of aromatic nitrogens is 1. The average Bonchev–Trinajstić information content (AvgIpc) is 3.14. The molecule has 0 N–H and O–H groups in total. The summed E-state index contributed by atoms with van der Waals surface area (Å²) >= 11 is 1.17. The third-order valence-corrected chi connectivity index (χ3v) is 8.40. The number of ether oxygens (including phenoxy) is 2. The second-order valence-corrected chi connectivity index (χ2v) is 12.5. The van der Waals surface area contributed by atoms with Gasteiger partial charge in [0.1, 0.15) is 11.5 Å². The number of thiazole rings is 1. The van der Waals surface area contributed by atoms with Gasteiger partial charge in [-0.1, -0.05) is 25.2 Å². The van der Waals surface area contributed by atoms with Crippen LogP contribution in [-0.2, 0) is 35.4 Å². The number of benzene rings is 1. The Hall–Kier alpha value is -2.57. The Bertz CT molecular complexity index is 1300. The zero-order valence-corrected chi connectivity index (χ0v) is 23.4. The summed E-state index contributed by atoms with van der Waals surface area (Å²) in [6, 6.07) is 5.03. The first-order valence-corrected chi connectivity index (χ1v) is 15.1. The summed E-state index contributed by atoms with van der Waals surface area (Å²) in [7, 11) is -4.00. The van der Waals surface area contributed by atoms with E-state index < -0.39 is 39.1 Å². The Morgan fingerprint density at radius 3 is 2.43 bits per heavy atom. The lowest BCUT2D eigenvalue weighted by atomic mass is 9.92. The number of likely N-dealkylation sites (tertiary alicyclic amines) is 1. The minimum absolute atomic E-state index is 0.248. The molecule has 10 nitrogen and oxygen atoms in total. The van der Waals surface area contributed by atoms with Gasteiger partial charge in [-0.15, -0.1) is 0 Å². The molecule has 1 aromatic heterocycles. The van der Waals surface area contributed by atoms with Crippen molar-refractivity contribution in [3.8, 4) is 0 Å². The summed E-state index contributed by atoms with van der Waals surface area (Å²) in [6.07, 6.45) is 0.994. The number of piperidine rings is 1. The van der Waals surface area contributed by atoms with Crippen LogP contribution in [0.4, 0.5) is 0 Å². The fraction of sp³-hybridized carbons (Fsp3) is 0.600. The fourth-order valence-electron chi connectivity index (χ4n) is 4.54. The summed E-state index contributed by atoms with van der Waals surface area (Å²) < 4.78 is 38.4. The molecule has 1 fully saturated rings. The second-order valence-electron chi connectivity index (χ2n) is 9.42. The highest BCUT2D eigenvalue weighted by molar-refractivity contribution is 7.92. The molecule has 1 aliphatic rings.